The van der Waals surface area contributed by atoms with Crippen molar-refractivity contribution in [2.24, 2.45) is 0 Å². The summed E-state index contributed by atoms with van der Waals surface area (Å²) in [6.07, 6.45) is 1.68. The van der Waals surface area contributed by atoms with Crippen LogP contribution in [0.5, 0.6) is 0 Å². The molecule has 0 saturated heterocycles. The summed E-state index contributed by atoms with van der Waals surface area (Å²) in [4.78, 5) is 24.2. The molecule has 0 spiro atoms. The van der Waals surface area contributed by atoms with Crippen molar-refractivity contribution >= 4 is 17.6 Å². The van der Waals surface area contributed by atoms with Crippen LogP contribution >= 0.6 is 0 Å². The second-order valence-corrected chi connectivity index (χ2v) is 4.39. The van der Waals surface area contributed by atoms with Crippen LogP contribution in [0.1, 0.15) is 32.1 Å². The lowest BCUT2D eigenvalue weighted by molar-refractivity contribution is -0.137. The summed E-state index contributed by atoms with van der Waals surface area (Å²) < 4.78 is 0. The molecule has 5 nitrogen and oxygen atoms in total. The van der Waals surface area contributed by atoms with Gasteiger partial charge in [0, 0.05) is 25.1 Å². The Morgan fingerprint density at radius 3 is 2.40 bits per heavy atom. The molecule has 0 atom stereocenters. The minimum Gasteiger partial charge on any atom is -0.481 e. The van der Waals surface area contributed by atoms with E-state index in [1.807, 2.05) is 36.4 Å². The van der Waals surface area contributed by atoms with Crippen molar-refractivity contribution < 1.29 is 14.7 Å². The molecule has 1 rings (SSSR count). The normalized spacial score (nSPS) is 9.75. The monoisotopic (exact) mass is 274 g/mol. The van der Waals surface area contributed by atoms with E-state index in [2.05, 4.69) is 0 Å². The lowest BCUT2D eigenvalue weighted by Gasteiger charge is -2.21. The molecular weight excluding hydrogens is 256 g/mol. The maximum atomic E-state index is 12.2. The van der Waals surface area contributed by atoms with Crippen molar-refractivity contribution in [3.05, 3.63) is 30.3 Å². The van der Waals surface area contributed by atoms with E-state index in [1.54, 1.807) is 4.90 Å². The Morgan fingerprint density at radius 1 is 1.15 bits per heavy atom. The summed E-state index contributed by atoms with van der Waals surface area (Å²) in [6, 6.07) is 11.2. The van der Waals surface area contributed by atoms with Gasteiger partial charge in [-0.1, -0.05) is 18.2 Å². The summed E-state index contributed by atoms with van der Waals surface area (Å²) >= 11 is 0. The van der Waals surface area contributed by atoms with Crippen LogP contribution in [-0.4, -0.2) is 23.5 Å². The highest BCUT2D eigenvalue weighted by Crippen LogP contribution is 2.16. The molecule has 0 fully saturated rings. The summed E-state index contributed by atoms with van der Waals surface area (Å²) in [5, 5.41) is 17.2. The number of nitriles is 1. The fourth-order valence-corrected chi connectivity index (χ4v) is 1.85. The number of aliphatic carboxylic acids is 1. The predicted octanol–water partition coefficient (Wildman–Crippen LogP) is 2.58. The number of hydrogen-bond donors (Lipinski definition) is 1. The third-order valence-corrected chi connectivity index (χ3v) is 2.85. The van der Waals surface area contributed by atoms with Gasteiger partial charge in [-0.15, -0.1) is 0 Å². The number of carbonyl (C=O) groups is 2. The van der Waals surface area contributed by atoms with Crippen molar-refractivity contribution in [2.45, 2.75) is 32.1 Å². The molecule has 1 aromatic rings. The number of carboxylic acid groups (broad SMARTS) is 1. The number of amides is 1. The molecule has 0 unspecified atom stereocenters. The first-order valence-corrected chi connectivity index (χ1v) is 6.59. The molecule has 0 bridgehead atoms. The Balaban J connectivity index is 2.57. The van der Waals surface area contributed by atoms with Gasteiger partial charge in [-0.3, -0.25) is 9.59 Å². The Morgan fingerprint density at radius 2 is 1.80 bits per heavy atom. The summed E-state index contributed by atoms with van der Waals surface area (Å²) in [6.45, 7) is 0.359. The number of benzene rings is 1. The van der Waals surface area contributed by atoms with E-state index in [0.717, 1.165) is 5.69 Å². The SMILES string of the molecule is N#CCCN(C(=O)CCCCC(=O)O)c1ccccc1. The largest absolute Gasteiger partial charge is 0.481 e. The van der Waals surface area contributed by atoms with Crippen molar-refractivity contribution in [1.29, 1.82) is 5.26 Å². The first-order chi connectivity index (χ1) is 9.65. The third-order valence-electron chi connectivity index (χ3n) is 2.85. The zero-order valence-corrected chi connectivity index (χ0v) is 11.3. The van der Waals surface area contributed by atoms with Crippen molar-refractivity contribution in [3.63, 3.8) is 0 Å². The molecule has 5 heteroatoms. The topological polar surface area (TPSA) is 81.4 Å². The van der Waals surface area contributed by atoms with Crippen LogP contribution in [0.4, 0.5) is 5.69 Å². The number of hydrogen-bond acceptors (Lipinski definition) is 3. The highest BCUT2D eigenvalue weighted by atomic mass is 16.4. The maximum absolute atomic E-state index is 12.2. The first kappa shape index (κ1) is 15.7. The fourth-order valence-electron chi connectivity index (χ4n) is 1.85. The van der Waals surface area contributed by atoms with E-state index in [1.165, 1.54) is 0 Å². The van der Waals surface area contributed by atoms with Crippen LogP contribution in [-0.2, 0) is 9.59 Å². The zero-order valence-electron chi connectivity index (χ0n) is 11.3. The predicted molar refractivity (Wildman–Crippen MR) is 75.1 cm³/mol. The van der Waals surface area contributed by atoms with E-state index >= 15 is 0 Å². The number of unbranched alkanes of at least 4 members (excludes halogenated alkanes) is 1. The molecule has 0 saturated carbocycles. The highest BCUT2D eigenvalue weighted by Gasteiger charge is 2.14. The number of carbonyl (C=O) groups excluding carboxylic acids is 1. The van der Waals surface area contributed by atoms with E-state index in [-0.39, 0.29) is 18.7 Å². The molecule has 0 aliphatic carbocycles. The van der Waals surface area contributed by atoms with Crippen LogP contribution in [0.15, 0.2) is 30.3 Å². The summed E-state index contributed by atoms with van der Waals surface area (Å²) in [7, 11) is 0. The first-order valence-electron chi connectivity index (χ1n) is 6.59. The van der Waals surface area contributed by atoms with Crippen LogP contribution in [0.3, 0.4) is 0 Å². The van der Waals surface area contributed by atoms with Gasteiger partial charge < -0.3 is 10.0 Å². The minimum atomic E-state index is -0.846. The Labute approximate surface area is 118 Å². The molecule has 0 radical (unpaired) electrons. The molecule has 106 valence electrons. The highest BCUT2D eigenvalue weighted by molar-refractivity contribution is 5.93. The molecule has 0 aliphatic rings. The van der Waals surface area contributed by atoms with Gasteiger partial charge in [0.25, 0.3) is 0 Å². The minimum absolute atomic E-state index is 0.0724. The average molecular weight is 274 g/mol. The maximum Gasteiger partial charge on any atom is 0.303 e. The van der Waals surface area contributed by atoms with Gasteiger partial charge in [0.2, 0.25) is 5.91 Å². The smallest absolute Gasteiger partial charge is 0.303 e. The molecule has 1 N–H and O–H groups in total. The number of para-hydroxylation sites is 1. The molecule has 1 amide bonds. The Kier molecular flexibility index (Phi) is 6.83. The number of carboxylic acids is 1. The van der Waals surface area contributed by atoms with Gasteiger partial charge in [-0.05, 0) is 25.0 Å². The van der Waals surface area contributed by atoms with Crippen molar-refractivity contribution in [1.82, 2.24) is 0 Å². The van der Waals surface area contributed by atoms with Gasteiger partial charge in [0.05, 0.1) is 12.5 Å². The van der Waals surface area contributed by atoms with Gasteiger partial charge in [-0.2, -0.15) is 5.26 Å². The van der Waals surface area contributed by atoms with Crippen LogP contribution in [0, 0.1) is 11.3 Å². The fraction of sp³-hybridized carbons (Fsp3) is 0.400. The molecule has 0 aromatic heterocycles. The van der Waals surface area contributed by atoms with Gasteiger partial charge >= 0.3 is 5.97 Å². The number of nitrogens with zero attached hydrogens (tertiary/aromatic N) is 2. The van der Waals surface area contributed by atoms with Crippen molar-refractivity contribution in [2.75, 3.05) is 11.4 Å². The average Bonchev–Trinajstić information content (AvgIpc) is 2.45. The van der Waals surface area contributed by atoms with Gasteiger partial charge in [-0.25, -0.2) is 0 Å². The van der Waals surface area contributed by atoms with E-state index in [0.29, 0.717) is 25.8 Å². The molecule has 0 heterocycles. The van der Waals surface area contributed by atoms with Gasteiger partial charge in [0.1, 0.15) is 0 Å². The second-order valence-electron chi connectivity index (χ2n) is 4.39. The lowest BCUT2D eigenvalue weighted by Crippen LogP contribution is -2.31. The number of anilines is 1. The standard InChI is InChI=1S/C15H18N2O3/c16-11-6-12-17(13-7-2-1-3-8-13)14(18)9-4-5-10-15(19)20/h1-3,7-8H,4-6,9-10,12H2,(H,19,20). The Hall–Kier alpha value is -2.35. The summed E-state index contributed by atoms with van der Waals surface area (Å²) in [5.74, 6) is -0.918. The second kappa shape index (κ2) is 8.70. The molecule has 20 heavy (non-hydrogen) atoms. The van der Waals surface area contributed by atoms with E-state index < -0.39 is 5.97 Å². The quantitative estimate of drug-likeness (QED) is 0.739. The van der Waals surface area contributed by atoms with Gasteiger partial charge in [0.15, 0.2) is 0 Å². The van der Waals surface area contributed by atoms with Crippen LogP contribution in [0.25, 0.3) is 0 Å². The van der Waals surface area contributed by atoms with E-state index in [9.17, 15) is 9.59 Å². The van der Waals surface area contributed by atoms with Crippen LogP contribution < -0.4 is 4.90 Å². The molecular formula is C15H18N2O3. The van der Waals surface area contributed by atoms with E-state index in [4.69, 9.17) is 10.4 Å². The summed E-state index contributed by atoms with van der Waals surface area (Å²) in [5.41, 5.74) is 0.769. The number of rotatable bonds is 8. The van der Waals surface area contributed by atoms with Crippen molar-refractivity contribution in [3.8, 4) is 6.07 Å². The third kappa shape index (κ3) is 5.53. The Bertz CT molecular complexity index is 480. The van der Waals surface area contributed by atoms with Crippen LogP contribution in [0.2, 0.25) is 0 Å². The molecule has 0 aliphatic heterocycles. The zero-order chi connectivity index (χ0) is 14.8. The molecule has 1 aromatic carbocycles. The lowest BCUT2D eigenvalue weighted by atomic mass is 10.1.